The Morgan fingerprint density at radius 3 is 2.85 bits per heavy atom. The predicted octanol–water partition coefficient (Wildman–Crippen LogP) is 1.31. The van der Waals surface area contributed by atoms with E-state index in [0.717, 1.165) is 16.1 Å². The highest BCUT2D eigenvalue weighted by Gasteiger charge is 2.19. The van der Waals surface area contributed by atoms with Crippen LogP contribution in [0.4, 0.5) is 11.4 Å². The Bertz CT molecular complexity index is 769. The van der Waals surface area contributed by atoms with Crippen molar-refractivity contribution in [1.82, 2.24) is 9.97 Å². The summed E-state index contributed by atoms with van der Waals surface area (Å²) in [5.41, 5.74) is 8.65. The van der Waals surface area contributed by atoms with Crippen molar-refractivity contribution in [1.29, 1.82) is 0 Å². The number of anilines is 2. The highest BCUT2D eigenvalue weighted by molar-refractivity contribution is 7.99. The van der Waals surface area contributed by atoms with Crippen LogP contribution in [0, 0.1) is 6.92 Å². The highest BCUT2D eigenvalue weighted by atomic mass is 32.2. The van der Waals surface area contributed by atoms with Crippen LogP contribution in [0.5, 0.6) is 0 Å². The van der Waals surface area contributed by atoms with Crippen molar-refractivity contribution in [3.8, 4) is 0 Å². The molecule has 2 aromatic rings. The van der Waals surface area contributed by atoms with E-state index in [-0.39, 0.29) is 11.5 Å². The summed E-state index contributed by atoms with van der Waals surface area (Å²) in [6.07, 6.45) is 0.351. The number of aryl methyl sites for hydroxylation is 1. The van der Waals surface area contributed by atoms with Crippen molar-refractivity contribution in [3.63, 3.8) is 0 Å². The first-order valence-electron chi connectivity index (χ1n) is 5.99. The van der Waals surface area contributed by atoms with E-state index in [2.05, 4.69) is 15.3 Å². The third kappa shape index (κ3) is 2.39. The SMILES string of the molecule is Cc1cc(=O)[nH]c(Sc2cc3c(cc2N)CC(=O)N3)n1. The quantitative estimate of drug-likeness (QED) is 0.571. The number of benzene rings is 1. The summed E-state index contributed by atoms with van der Waals surface area (Å²) in [5.74, 6) is -0.0383. The van der Waals surface area contributed by atoms with Crippen molar-refractivity contribution in [3.05, 3.63) is 39.8 Å². The number of carbonyl (C=O) groups excluding carboxylic acids is 1. The van der Waals surface area contributed by atoms with Crippen molar-refractivity contribution < 1.29 is 4.79 Å². The van der Waals surface area contributed by atoms with Crippen LogP contribution in [0.2, 0.25) is 0 Å². The average molecular weight is 288 g/mol. The van der Waals surface area contributed by atoms with E-state index in [0.29, 0.717) is 23.0 Å². The molecule has 0 fully saturated rings. The maximum atomic E-state index is 11.4. The van der Waals surface area contributed by atoms with Gasteiger partial charge in [-0.2, -0.15) is 0 Å². The fourth-order valence-electron chi connectivity index (χ4n) is 2.07. The Morgan fingerprint density at radius 2 is 2.10 bits per heavy atom. The van der Waals surface area contributed by atoms with Gasteiger partial charge in [0.1, 0.15) is 0 Å². The zero-order chi connectivity index (χ0) is 14.3. The molecule has 0 radical (unpaired) electrons. The number of nitrogen functional groups attached to an aromatic ring is 1. The molecule has 0 atom stereocenters. The number of hydrogen-bond acceptors (Lipinski definition) is 5. The summed E-state index contributed by atoms with van der Waals surface area (Å²) in [6, 6.07) is 5.02. The molecule has 0 aliphatic carbocycles. The number of aromatic amines is 1. The first kappa shape index (κ1) is 12.7. The molecule has 0 saturated carbocycles. The molecule has 4 N–H and O–H groups in total. The Labute approximate surface area is 118 Å². The first-order valence-corrected chi connectivity index (χ1v) is 6.81. The predicted molar refractivity (Wildman–Crippen MR) is 76.9 cm³/mol. The summed E-state index contributed by atoms with van der Waals surface area (Å²) in [6.45, 7) is 1.76. The minimum Gasteiger partial charge on any atom is -0.398 e. The number of amides is 1. The standard InChI is InChI=1S/C13H12N4O2S/c1-6-2-11(18)17-13(15-6)20-10-5-9-7(3-8(10)14)4-12(19)16-9/h2-3,5H,4,14H2,1H3,(H,16,19)(H,15,17,18). The second-order valence-corrected chi connectivity index (χ2v) is 5.60. The van der Waals surface area contributed by atoms with Gasteiger partial charge in [-0.25, -0.2) is 4.98 Å². The van der Waals surface area contributed by atoms with Gasteiger partial charge in [0.15, 0.2) is 5.16 Å². The number of carbonyl (C=O) groups is 1. The van der Waals surface area contributed by atoms with Crippen LogP contribution in [0.15, 0.2) is 33.0 Å². The maximum Gasteiger partial charge on any atom is 0.251 e. The van der Waals surface area contributed by atoms with Crippen LogP contribution < -0.4 is 16.6 Å². The van der Waals surface area contributed by atoms with E-state index in [4.69, 9.17) is 5.73 Å². The number of aromatic nitrogens is 2. The van der Waals surface area contributed by atoms with Gasteiger partial charge in [0.05, 0.1) is 6.42 Å². The molecule has 1 aliphatic heterocycles. The summed E-state index contributed by atoms with van der Waals surface area (Å²) in [7, 11) is 0. The lowest BCUT2D eigenvalue weighted by molar-refractivity contribution is -0.115. The molecule has 2 heterocycles. The van der Waals surface area contributed by atoms with E-state index in [1.165, 1.54) is 17.8 Å². The van der Waals surface area contributed by atoms with Crippen LogP contribution in [0.25, 0.3) is 0 Å². The van der Waals surface area contributed by atoms with Gasteiger partial charge in [0.25, 0.3) is 5.56 Å². The molecule has 20 heavy (non-hydrogen) atoms. The highest BCUT2D eigenvalue weighted by Crippen LogP contribution is 2.36. The lowest BCUT2D eigenvalue weighted by atomic mass is 10.1. The number of H-pyrrole nitrogens is 1. The van der Waals surface area contributed by atoms with Gasteiger partial charge in [-0.15, -0.1) is 0 Å². The number of rotatable bonds is 2. The van der Waals surface area contributed by atoms with E-state index in [9.17, 15) is 9.59 Å². The average Bonchev–Trinajstić information content (AvgIpc) is 2.67. The molecule has 1 aromatic carbocycles. The molecule has 1 aromatic heterocycles. The maximum absolute atomic E-state index is 11.4. The normalized spacial score (nSPS) is 13.2. The van der Waals surface area contributed by atoms with E-state index < -0.39 is 0 Å². The fraction of sp³-hybridized carbons (Fsp3) is 0.154. The Balaban J connectivity index is 1.97. The number of hydrogen-bond donors (Lipinski definition) is 3. The van der Waals surface area contributed by atoms with Crippen molar-refractivity contribution in [2.75, 3.05) is 11.1 Å². The molecule has 0 spiro atoms. The van der Waals surface area contributed by atoms with Crippen LogP contribution >= 0.6 is 11.8 Å². The molecule has 0 saturated heterocycles. The Hall–Kier alpha value is -2.28. The second-order valence-electron chi connectivity index (χ2n) is 4.57. The van der Waals surface area contributed by atoms with Crippen LogP contribution in [-0.4, -0.2) is 15.9 Å². The molecule has 1 aliphatic rings. The first-order chi connectivity index (χ1) is 9.51. The topological polar surface area (TPSA) is 101 Å². The summed E-state index contributed by atoms with van der Waals surface area (Å²) in [5, 5.41) is 3.25. The largest absolute Gasteiger partial charge is 0.398 e. The number of nitrogens with one attached hydrogen (secondary N) is 2. The third-order valence-electron chi connectivity index (χ3n) is 2.92. The van der Waals surface area contributed by atoms with Crippen molar-refractivity contribution in [2.24, 2.45) is 0 Å². The van der Waals surface area contributed by atoms with Gasteiger partial charge in [0, 0.05) is 28.0 Å². The zero-order valence-electron chi connectivity index (χ0n) is 10.7. The lowest BCUT2D eigenvalue weighted by Gasteiger charge is -2.08. The van der Waals surface area contributed by atoms with Crippen LogP contribution in [0.3, 0.4) is 0 Å². The van der Waals surface area contributed by atoms with Crippen LogP contribution in [-0.2, 0) is 11.2 Å². The molecule has 3 rings (SSSR count). The number of fused-ring (bicyclic) bond motifs is 1. The molecule has 7 heteroatoms. The smallest absolute Gasteiger partial charge is 0.251 e. The molecule has 102 valence electrons. The number of nitrogens with two attached hydrogens (primary N) is 1. The molecular formula is C13H12N4O2S. The molecule has 0 bridgehead atoms. The van der Waals surface area contributed by atoms with Gasteiger partial charge in [-0.3, -0.25) is 9.59 Å². The van der Waals surface area contributed by atoms with Crippen molar-refractivity contribution >= 4 is 29.0 Å². The van der Waals surface area contributed by atoms with Gasteiger partial charge in [-0.1, -0.05) is 0 Å². The van der Waals surface area contributed by atoms with Gasteiger partial charge >= 0.3 is 0 Å². The van der Waals surface area contributed by atoms with Crippen molar-refractivity contribution in [2.45, 2.75) is 23.4 Å². The summed E-state index contributed by atoms with van der Waals surface area (Å²) >= 11 is 1.27. The zero-order valence-corrected chi connectivity index (χ0v) is 11.5. The minimum absolute atomic E-state index is 0.0383. The molecule has 1 amide bonds. The van der Waals surface area contributed by atoms with Gasteiger partial charge < -0.3 is 16.0 Å². The lowest BCUT2D eigenvalue weighted by Crippen LogP contribution is -2.08. The molecular weight excluding hydrogens is 276 g/mol. The number of nitrogens with zero attached hydrogens (tertiary/aromatic N) is 1. The summed E-state index contributed by atoms with van der Waals surface area (Å²) in [4.78, 5) is 30.4. The monoisotopic (exact) mass is 288 g/mol. The van der Waals surface area contributed by atoms with E-state index in [1.54, 1.807) is 13.0 Å². The minimum atomic E-state index is -0.201. The summed E-state index contributed by atoms with van der Waals surface area (Å²) < 4.78 is 0. The molecule has 6 nitrogen and oxygen atoms in total. The van der Waals surface area contributed by atoms with E-state index in [1.807, 2.05) is 6.07 Å². The van der Waals surface area contributed by atoms with E-state index >= 15 is 0 Å². The van der Waals surface area contributed by atoms with Gasteiger partial charge in [-0.05, 0) is 36.4 Å². The molecule has 0 unspecified atom stereocenters. The van der Waals surface area contributed by atoms with Gasteiger partial charge in [0.2, 0.25) is 5.91 Å². The second kappa shape index (κ2) is 4.68. The third-order valence-corrected chi connectivity index (χ3v) is 3.88. The van der Waals surface area contributed by atoms with Crippen LogP contribution in [0.1, 0.15) is 11.3 Å². The fourth-order valence-corrected chi connectivity index (χ4v) is 2.97. The Kier molecular flexibility index (Phi) is 2.98. The Morgan fingerprint density at radius 1 is 1.30 bits per heavy atom.